The highest BCUT2D eigenvalue weighted by Crippen LogP contribution is 2.33. The molecule has 0 bridgehead atoms. The summed E-state index contributed by atoms with van der Waals surface area (Å²) in [6.45, 7) is 0.832. The fraction of sp³-hybridized carbons (Fsp3) is 0.571. The Bertz CT molecular complexity index is 446. The maximum atomic E-state index is 12.2. The molecule has 1 atom stereocenters. The maximum Gasteiger partial charge on any atom is 0.224 e. The molecule has 1 fully saturated rings. The van der Waals surface area contributed by atoms with E-state index in [0.29, 0.717) is 31.8 Å². The van der Waals surface area contributed by atoms with Crippen molar-refractivity contribution in [3.8, 4) is 6.07 Å². The maximum absolute atomic E-state index is 12.2. The van der Waals surface area contributed by atoms with E-state index in [2.05, 4.69) is 6.07 Å². The van der Waals surface area contributed by atoms with Gasteiger partial charge in [-0.25, -0.2) is 0 Å². The molecular formula is C14H19N3O2. The lowest BCUT2D eigenvalue weighted by Crippen LogP contribution is -2.36. The van der Waals surface area contributed by atoms with Gasteiger partial charge in [0.1, 0.15) is 5.76 Å². The highest BCUT2D eigenvalue weighted by molar-refractivity contribution is 5.76. The Morgan fingerprint density at radius 1 is 1.63 bits per heavy atom. The predicted molar refractivity (Wildman–Crippen MR) is 69.7 cm³/mol. The van der Waals surface area contributed by atoms with E-state index in [-0.39, 0.29) is 11.9 Å². The summed E-state index contributed by atoms with van der Waals surface area (Å²) >= 11 is 0. The van der Waals surface area contributed by atoms with Crippen LogP contribution in [0.5, 0.6) is 0 Å². The van der Waals surface area contributed by atoms with Crippen molar-refractivity contribution in [2.24, 2.45) is 11.7 Å². The highest BCUT2D eigenvalue weighted by atomic mass is 16.3. The largest absolute Gasteiger partial charge is 0.467 e. The molecule has 1 heterocycles. The van der Waals surface area contributed by atoms with Crippen molar-refractivity contribution in [2.75, 3.05) is 6.54 Å². The van der Waals surface area contributed by atoms with Crippen LogP contribution in [0, 0.1) is 17.2 Å². The Hall–Kier alpha value is -1.80. The van der Waals surface area contributed by atoms with Crippen molar-refractivity contribution in [2.45, 2.75) is 38.3 Å². The molecule has 1 aliphatic rings. The topological polar surface area (TPSA) is 83.3 Å². The normalized spacial score (nSPS) is 15.8. The molecule has 5 heteroatoms. The van der Waals surface area contributed by atoms with Crippen LogP contribution in [0.25, 0.3) is 0 Å². The first-order valence-corrected chi connectivity index (χ1v) is 6.63. The first-order chi connectivity index (χ1) is 9.20. The molecule has 1 aliphatic carbocycles. The van der Waals surface area contributed by atoms with Gasteiger partial charge in [-0.05, 0) is 30.9 Å². The van der Waals surface area contributed by atoms with Crippen molar-refractivity contribution in [3.63, 3.8) is 0 Å². The summed E-state index contributed by atoms with van der Waals surface area (Å²) in [5.41, 5.74) is 5.98. The standard InChI is InChI=1S/C14H19N3O2/c15-6-2-7-17(10-12-3-1-8-19-12)14(18)9-13(16)11-4-5-11/h1,3,8,11,13H,2,4-5,7,9-10,16H2. The van der Waals surface area contributed by atoms with E-state index in [1.165, 1.54) is 0 Å². The molecule has 0 spiro atoms. The van der Waals surface area contributed by atoms with Crippen molar-refractivity contribution in [1.29, 1.82) is 5.26 Å². The molecule has 0 aromatic carbocycles. The molecule has 0 radical (unpaired) electrons. The van der Waals surface area contributed by atoms with Crippen LogP contribution in [-0.2, 0) is 11.3 Å². The lowest BCUT2D eigenvalue weighted by atomic mass is 10.1. The van der Waals surface area contributed by atoms with Crippen LogP contribution in [0.3, 0.4) is 0 Å². The number of hydrogen-bond donors (Lipinski definition) is 1. The number of nitrogens with zero attached hydrogens (tertiary/aromatic N) is 2. The van der Waals surface area contributed by atoms with Gasteiger partial charge in [-0.15, -0.1) is 0 Å². The molecule has 2 N–H and O–H groups in total. The molecule has 5 nitrogen and oxygen atoms in total. The Morgan fingerprint density at radius 3 is 3.00 bits per heavy atom. The van der Waals surface area contributed by atoms with E-state index in [0.717, 1.165) is 18.6 Å². The van der Waals surface area contributed by atoms with E-state index < -0.39 is 0 Å². The Kier molecular flexibility index (Phi) is 4.58. The molecule has 2 rings (SSSR count). The van der Waals surface area contributed by atoms with Gasteiger partial charge in [0, 0.05) is 19.0 Å². The number of carbonyl (C=O) groups excluding carboxylic acids is 1. The van der Waals surface area contributed by atoms with Crippen LogP contribution in [0.4, 0.5) is 0 Å². The van der Waals surface area contributed by atoms with Gasteiger partial charge in [0.25, 0.3) is 0 Å². The van der Waals surface area contributed by atoms with Gasteiger partial charge in [-0.2, -0.15) is 5.26 Å². The van der Waals surface area contributed by atoms with Crippen molar-refractivity contribution in [1.82, 2.24) is 4.90 Å². The summed E-state index contributed by atoms with van der Waals surface area (Å²) in [7, 11) is 0. The minimum atomic E-state index is -0.0475. The molecule has 1 saturated carbocycles. The molecule has 1 amide bonds. The molecule has 102 valence electrons. The van der Waals surface area contributed by atoms with Crippen LogP contribution >= 0.6 is 0 Å². The van der Waals surface area contributed by atoms with Crippen molar-refractivity contribution in [3.05, 3.63) is 24.2 Å². The molecule has 19 heavy (non-hydrogen) atoms. The Morgan fingerprint density at radius 2 is 2.42 bits per heavy atom. The molecule has 0 saturated heterocycles. The first-order valence-electron chi connectivity index (χ1n) is 6.63. The molecule has 0 aliphatic heterocycles. The number of furan rings is 1. The average Bonchev–Trinajstić information content (AvgIpc) is 3.13. The molecule has 1 unspecified atom stereocenters. The van der Waals surface area contributed by atoms with E-state index >= 15 is 0 Å². The summed E-state index contributed by atoms with van der Waals surface area (Å²) < 4.78 is 5.25. The van der Waals surface area contributed by atoms with Gasteiger partial charge in [0.15, 0.2) is 0 Å². The SMILES string of the molecule is N#CCCN(Cc1ccco1)C(=O)CC(N)C1CC1. The summed E-state index contributed by atoms with van der Waals surface area (Å²) in [4.78, 5) is 13.9. The zero-order chi connectivity index (χ0) is 13.7. The van der Waals surface area contributed by atoms with Gasteiger partial charge in [0.2, 0.25) is 5.91 Å². The lowest BCUT2D eigenvalue weighted by Gasteiger charge is -2.22. The van der Waals surface area contributed by atoms with E-state index in [1.54, 1.807) is 17.2 Å². The number of carbonyl (C=O) groups is 1. The Labute approximate surface area is 113 Å². The third-order valence-electron chi connectivity index (χ3n) is 3.41. The molecular weight excluding hydrogens is 242 g/mol. The second-order valence-corrected chi connectivity index (χ2v) is 5.01. The number of hydrogen-bond acceptors (Lipinski definition) is 4. The molecule has 1 aromatic heterocycles. The van der Waals surface area contributed by atoms with Crippen LogP contribution in [0.1, 0.15) is 31.4 Å². The van der Waals surface area contributed by atoms with Crippen LogP contribution in [0.15, 0.2) is 22.8 Å². The molecule has 1 aromatic rings. The summed E-state index contributed by atoms with van der Waals surface area (Å²) in [6, 6.07) is 5.63. The predicted octanol–water partition coefficient (Wildman–Crippen LogP) is 1.65. The van der Waals surface area contributed by atoms with E-state index in [9.17, 15) is 4.79 Å². The number of rotatable bonds is 7. The first kappa shape index (κ1) is 13.6. The second kappa shape index (κ2) is 6.39. The smallest absolute Gasteiger partial charge is 0.224 e. The van der Waals surface area contributed by atoms with Gasteiger partial charge >= 0.3 is 0 Å². The number of nitriles is 1. The van der Waals surface area contributed by atoms with Crippen molar-refractivity contribution < 1.29 is 9.21 Å². The lowest BCUT2D eigenvalue weighted by molar-refractivity contribution is -0.132. The summed E-state index contributed by atoms with van der Waals surface area (Å²) in [5.74, 6) is 1.24. The van der Waals surface area contributed by atoms with Gasteiger partial charge in [-0.3, -0.25) is 4.79 Å². The van der Waals surface area contributed by atoms with E-state index in [1.807, 2.05) is 6.07 Å². The number of amides is 1. The van der Waals surface area contributed by atoms with Crippen LogP contribution in [-0.4, -0.2) is 23.4 Å². The third-order valence-corrected chi connectivity index (χ3v) is 3.41. The fourth-order valence-corrected chi connectivity index (χ4v) is 2.09. The summed E-state index contributed by atoms with van der Waals surface area (Å²) in [6.07, 6.45) is 4.52. The minimum Gasteiger partial charge on any atom is -0.467 e. The second-order valence-electron chi connectivity index (χ2n) is 5.01. The Balaban J connectivity index is 1.91. The van der Waals surface area contributed by atoms with Crippen molar-refractivity contribution >= 4 is 5.91 Å². The average molecular weight is 261 g/mol. The third kappa shape index (κ3) is 4.11. The zero-order valence-corrected chi connectivity index (χ0v) is 10.9. The number of nitrogens with two attached hydrogens (primary N) is 1. The zero-order valence-electron chi connectivity index (χ0n) is 10.9. The minimum absolute atomic E-state index is 0.00560. The van der Waals surface area contributed by atoms with Gasteiger partial charge < -0.3 is 15.1 Å². The summed E-state index contributed by atoms with van der Waals surface area (Å²) in [5, 5.41) is 8.67. The van der Waals surface area contributed by atoms with Gasteiger partial charge in [0.05, 0.1) is 25.3 Å². The van der Waals surface area contributed by atoms with Gasteiger partial charge in [-0.1, -0.05) is 0 Å². The van der Waals surface area contributed by atoms with Crippen LogP contribution in [0.2, 0.25) is 0 Å². The quantitative estimate of drug-likeness (QED) is 0.809. The monoisotopic (exact) mass is 261 g/mol. The van der Waals surface area contributed by atoms with E-state index in [4.69, 9.17) is 15.4 Å². The highest BCUT2D eigenvalue weighted by Gasteiger charge is 2.31. The van der Waals surface area contributed by atoms with Crippen LogP contribution < -0.4 is 5.73 Å². The fourth-order valence-electron chi connectivity index (χ4n) is 2.09.